The number of fused-ring (bicyclic) bond motifs is 1. The molecule has 4 N–H and O–H groups in total. The summed E-state index contributed by atoms with van der Waals surface area (Å²) in [6, 6.07) is 23.7. The predicted octanol–water partition coefficient (Wildman–Crippen LogP) is 4.62. The van der Waals surface area contributed by atoms with E-state index < -0.39 is 5.97 Å². The highest BCUT2D eigenvalue weighted by molar-refractivity contribution is 6.32. The zero-order valence-corrected chi connectivity index (χ0v) is 18.8. The van der Waals surface area contributed by atoms with E-state index in [1.54, 1.807) is 6.07 Å². The lowest BCUT2D eigenvalue weighted by Gasteiger charge is -2.35. The van der Waals surface area contributed by atoms with Crippen LogP contribution in [0.5, 0.6) is 0 Å². The lowest BCUT2D eigenvalue weighted by atomic mass is 9.95. The summed E-state index contributed by atoms with van der Waals surface area (Å²) >= 11 is 6.48. The lowest BCUT2D eigenvalue weighted by molar-refractivity contribution is -0.136. The van der Waals surface area contributed by atoms with Gasteiger partial charge in [0.05, 0.1) is 35.4 Å². The van der Waals surface area contributed by atoms with Crippen molar-refractivity contribution in [1.82, 2.24) is 5.32 Å². The number of aliphatic carboxylic acids is 1. The third-order valence-electron chi connectivity index (χ3n) is 5.85. The average molecular weight is 461 g/mol. The Morgan fingerprint density at radius 3 is 2.64 bits per heavy atom. The molecular formula is C26H25ClN4O2. The molecule has 168 valence electrons. The highest BCUT2D eigenvalue weighted by Gasteiger charge is 2.28. The zero-order valence-electron chi connectivity index (χ0n) is 18.0. The molecular weight excluding hydrogens is 436 g/mol. The summed E-state index contributed by atoms with van der Waals surface area (Å²) in [7, 11) is 0. The molecule has 7 heteroatoms. The number of carboxylic acids is 1. The van der Waals surface area contributed by atoms with Gasteiger partial charge in [-0.05, 0) is 41.8 Å². The summed E-state index contributed by atoms with van der Waals surface area (Å²) in [4.78, 5) is 11.1. The molecule has 4 rings (SSSR count). The fourth-order valence-electron chi connectivity index (χ4n) is 4.25. The van der Waals surface area contributed by atoms with Crippen LogP contribution in [0.4, 0.5) is 11.4 Å². The van der Waals surface area contributed by atoms with E-state index >= 15 is 0 Å². The third kappa shape index (κ3) is 5.28. The normalized spacial score (nSPS) is 15.5. The summed E-state index contributed by atoms with van der Waals surface area (Å²) < 4.78 is 0. The molecule has 0 saturated heterocycles. The van der Waals surface area contributed by atoms with Crippen molar-refractivity contribution in [3.63, 3.8) is 0 Å². The number of nitrogens with one attached hydrogen (secondary N) is 3. The first kappa shape index (κ1) is 22.7. The second-order valence-electron chi connectivity index (χ2n) is 8.02. The first-order valence-corrected chi connectivity index (χ1v) is 11.2. The van der Waals surface area contributed by atoms with Gasteiger partial charge in [0.1, 0.15) is 6.07 Å². The van der Waals surface area contributed by atoms with Gasteiger partial charge in [-0.2, -0.15) is 5.26 Å². The van der Waals surface area contributed by atoms with Crippen LogP contribution < -0.4 is 16.0 Å². The van der Waals surface area contributed by atoms with Crippen molar-refractivity contribution in [3.8, 4) is 6.07 Å². The Kier molecular flexibility index (Phi) is 7.13. The Morgan fingerprint density at radius 2 is 1.88 bits per heavy atom. The van der Waals surface area contributed by atoms with Crippen LogP contribution in [0.25, 0.3) is 0 Å². The second kappa shape index (κ2) is 10.4. The molecule has 0 spiro atoms. The number of hydrogen-bond donors (Lipinski definition) is 4. The van der Waals surface area contributed by atoms with Gasteiger partial charge in [-0.25, -0.2) is 0 Å². The molecule has 0 aromatic heterocycles. The van der Waals surface area contributed by atoms with E-state index in [1.807, 2.05) is 48.5 Å². The molecule has 1 heterocycles. The Balaban J connectivity index is 1.52. The summed E-state index contributed by atoms with van der Waals surface area (Å²) in [6.07, 6.45) is 0.570. The number of carboxylic acid groups (broad SMARTS) is 1. The van der Waals surface area contributed by atoms with Crippen LogP contribution in [0.3, 0.4) is 0 Å². The number of nitrogens with zero attached hydrogens (tertiary/aromatic N) is 1. The number of rotatable bonds is 8. The molecule has 0 radical (unpaired) electrons. The Labute approximate surface area is 198 Å². The van der Waals surface area contributed by atoms with E-state index in [-0.39, 0.29) is 18.5 Å². The SMILES string of the molecule is N#Cc1cccc2c1N[C@@H]([C@H](NCCc1cccc(CC(=O)O)c1Cl)c1ccccc1)CN2. The molecule has 0 unspecified atom stereocenters. The Hall–Kier alpha value is -3.53. The van der Waals surface area contributed by atoms with Gasteiger partial charge in [0, 0.05) is 11.6 Å². The van der Waals surface area contributed by atoms with Gasteiger partial charge in [0.25, 0.3) is 0 Å². The van der Waals surface area contributed by atoms with E-state index in [1.165, 1.54) is 0 Å². The van der Waals surface area contributed by atoms with E-state index in [9.17, 15) is 10.1 Å². The van der Waals surface area contributed by atoms with Crippen molar-refractivity contribution >= 4 is 28.9 Å². The number of carbonyl (C=O) groups is 1. The molecule has 1 aliphatic rings. The molecule has 3 aromatic carbocycles. The molecule has 0 saturated carbocycles. The maximum atomic E-state index is 11.1. The number of halogens is 1. The quantitative estimate of drug-likeness (QED) is 0.391. The molecule has 0 aliphatic carbocycles. The fourth-order valence-corrected chi connectivity index (χ4v) is 4.53. The van der Waals surface area contributed by atoms with Gasteiger partial charge in [0.2, 0.25) is 0 Å². The van der Waals surface area contributed by atoms with Crippen LogP contribution >= 0.6 is 11.6 Å². The van der Waals surface area contributed by atoms with Crippen molar-refractivity contribution in [1.29, 1.82) is 5.26 Å². The topological polar surface area (TPSA) is 97.2 Å². The van der Waals surface area contributed by atoms with Crippen LogP contribution in [0.2, 0.25) is 5.02 Å². The van der Waals surface area contributed by atoms with Gasteiger partial charge < -0.3 is 21.1 Å². The number of para-hydroxylation sites is 1. The average Bonchev–Trinajstić information content (AvgIpc) is 2.83. The highest BCUT2D eigenvalue weighted by atomic mass is 35.5. The number of nitriles is 1. The minimum atomic E-state index is -0.899. The molecule has 3 aromatic rings. The van der Waals surface area contributed by atoms with Gasteiger partial charge in [0.15, 0.2) is 0 Å². The monoisotopic (exact) mass is 460 g/mol. The van der Waals surface area contributed by atoms with Crippen LogP contribution in [-0.2, 0) is 17.6 Å². The highest BCUT2D eigenvalue weighted by Crippen LogP contribution is 2.33. The molecule has 0 fully saturated rings. The van der Waals surface area contributed by atoms with E-state index in [2.05, 4.69) is 34.2 Å². The largest absolute Gasteiger partial charge is 0.481 e. The third-order valence-corrected chi connectivity index (χ3v) is 6.33. The smallest absolute Gasteiger partial charge is 0.307 e. The number of benzene rings is 3. The van der Waals surface area contributed by atoms with Crippen LogP contribution in [0, 0.1) is 11.3 Å². The van der Waals surface area contributed by atoms with Gasteiger partial charge in [-0.15, -0.1) is 0 Å². The van der Waals surface area contributed by atoms with Crippen molar-refractivity contribution in [2.24, 2.45) is 0 Å². The molecule has 33 heavy (non-hydrogen) atoms. The lowest BCUT2D eigenvalue weighted by Crippen LogP contribution is -2.44. The van der Waals surface area contributed by atoms with Crippen molar-refractivity contribution in [2.45, 2.75) is 24.9 Å². The summed E-state index contributed by atoms with van der Waals surface area (Å²) in [5.41, 5.74) is 5.04. The summed E-state index contributed by atoms with van der Waals surface area (Å²) in [5.74, 6) is -0.899. The molecule has 2 atom stereocenters. The van der Waals surface area contributed by atoms with Gasteiger partial charge >= 0.3 is 5.97 Å². The van der Waals surface area contributed by atoms with Crippen LogP contribution in [0.1, 0.15) is 28.3 Å². The standard InChI is InChI=1S/C26H25ClN4O2/c27-24-17(8-4-9-19(24)14-23(32)33)12-13-29-25(18-6-2-1-3-7-18)22-16-30-21-11-5-10-20(15-28)26(21)31-22/h1-11,22,25,29-31H,12-14,16H2,(H,32,33)/t22-,25-/m1/s1. The second-order valence-corrected chi connectivity index (χ2v) is 8.40. The van der Waals surface area contributed by atoms with Crippen molar-refractivity contribution in [2.75, 3.05) is 23.7 Å². The zero-order chi connectivity index (χ0) is 23.2. The van der Waals surface area contributed by atoms with Crippen molar-refractivity contribution in [3.05, 3.63) is 94.0 Å². The molecule has 6 nitrogen and oxygen atoms in total. The Morgan fingerprint density at radius 1 is 1.12 bits per heavy atom. The minimum Gasteiger partial charge on any atom is -0.481 e. The summed E-state index contributed by atoms with van der Waals surface area (Å²) in [5, 5.41) is 29.8. The van der Waals surface area contributed by atoms with Crippen LogP contribution in [0.15, 0.2) is 66.7 Å². The first-order chi connectivity index (χ1) is 16.1. The Bertz CT molecular complexity index is 1180. The van der Waals surface area contributed by atoms with Gasteiger partial charge in [-0.1, -0.05) is 66.2 Å². The van der Waals surface area contributed by atoms with Crippen LogP contribution in [-0.4, -0.2) is 30.2 Å². The first-order valence-electron chi connectivity index (χ1n) is 10.9. The molecule has 0 bridgehead atoms. The van der Waals surface area contributed by atoms with E-state index in [4.69, 9.17) is 16.7 Å². The number of anilines is 2. The molecule has 0 amide bonds. The fraction of sp³-hybridized carbons (Fsp3) is 0.231. The van der Waals surface area contributed by atoms with E-state index in [0.29, 0.717) is 35.7 Å². The minimum absolute atomic E-state index is 0.0143. The number of hydrogen-bond acceptors (Lipinski definition) is 5. The maximum absolute atomic E-state index is 11.1. The van der Waals surface area contributed by atoms with Gasteiger partial charge in [-0.3, -0.25) is 4.79 Å². The predicted molar refractivity (Wildman–Crippen MR) is 131 cm³/mol. The van der Waals surface area contributed by atoms with E-state index in [0.717, 1.165) is 22.5 Å². The maximum Gasteiger partial charge on any atom is 0.307 e. The summed E-state index contributed by atoms with van der Waals surface area (Å²) in [6.45, 7) is 1.35. The van der Waals surface area contributed by atoms with Crippen molar-refractivity contribution < 1.29 is 9.90 Å². The molecule has 1 aliphatic heterocycles.